The SMILES string of the molecule is FC(F)(F)c1nnc(C(F)(F)F)c2c1CCNC2. The molecule has 1 aromatic rings. The third-order valence-electron chi connectivity index (χ3n) is 2.58. The Hall–Kier alpha value is -1.38. The summed E-state index contributed by atoms with van der Waals surface area (Å²) >= 11 is 0. The monoisotopic (exact) mass is 271 g/mol. The van der Waals surface area contributed by atoms with Crippen molar-refractivity contribution in [2.24, 2.45) is 0 Å². The highest BCUT2D eigenvalue weighted by Gasteiger charge is 2.43. The van der Waals surface area contributed by atoms with Crippen LogP contribution in [0.4, 0.5) is 26.3 Å². The minimum absolute atomic E-state index is 0.150. The van der Waals surface area contributed by atoms with Gasteiger partial charge in [0.05, 0.1) is 0 Å². The first kappa shape index (κ1) is 13.1. The first-order chi connectivity index (χ1) is 8.21. The molecule has 1 N–H and O–H groups in total. The zero-order valence-electron chi connectivity index (χ0n) is 8.78. The molecule has 3 nitrogen and oxygen atoms in total. The molecule has 1 aliphatic heterocycles. The molecule has 0 fully saturated rings. The molecule has 1 aliphatic rings. The van der Waals surface area contributed by atoms with Gasteiger partial charge in [-0.25, -0.2) is 0 Å². The Morgan fingerprint density at radius 1 is 0.833 bits per heavy atom. The van der Waals surface area contributed by atoms with Crippen molar-refractivity contribution in [2.45, 2.75) is 25.3 Å². The Labute approximate surface area is 97.2 Å². The van der Waals surface area contributed by atoms with Gasteiger partial charge in [-0.05, 0) is 18.5 Å². The van der Waals surface area contributed by atoms with Crippen LogP contribution >= 0.6 is 0 Å². The van der Waals surface area contributed by atoms with E-state index in [1.54, 1.807) is 0 Å². The normalized spacial score (nSPS) is 16.6. The summed E-state index contributed by atoms with van der Waals surface area (Å²) in [5.41, 5.74) is -3.55. The molecule has 0 aromatic carbocycles. The molecule has 0 saturated heterocycles. The fourth-order valence-corrected chi connectivity index (χ4v) is 1.85. The lowest BCUT2D eigenvalue weighted by atomic mass is 9.98. The predicted molar refractivity (Wildman–Crippen MR) is 47.4 cm³/mol. The average molecular weight is 271 g/mol. The molecule has 1 aromatic heterocycles. The second kappa shape index (κ2) is 4.08. The van der Waals surface area contributed by atoms with Crippen molar-refractivity contribution in [3.05, 3.63) is 22.5 Å². The second-order valence-corrected chi connectivity index (χ2v) is 3.78. The van der Waals surface area contributed by atoms with Gasteiger partial charge in [0.1, 0.15) is 0 Å². The molecule has 0 saturated carbocycles. The highest BCUT2D eigenvalue weighted by Crippen LogP contribution is 2.37. The van der Waals surface area contributed by atoms with Crippen molar-refractivity contribution in [1.29, 1.82) is 0 Å². The van der Waals surface area contributed by atoms with E-state index in [4.69, 9.17) is 0 Å². The minimum Gasteiger partial charge on any atom is -0.312 e. The molecule has 2 rings (SSSR count). The molecule has 0 radical (unpaired) electrons. The van der Waals surface area contributed by atoms with Gasteiger partial charge in [0.25, 0.3) is 0 Å². The minimum atomic E-state index is -4.81. The van der Waals surface area contributed by atoms with E-state index in [0.29, 0.717) is 0 Å². The highest BCUT2D eigenvalue weighted by atomic mass is 19.4. The van der Waals surface area contributed by atoms with Gasteiger partial charge >= 0.3 is 12.4 Å². The molecule has 18 heavy (non-hydrogen) atoms. The smallest absolute Gasteiger partial charge is 0.312 e. The topological polar surface area (TPSA) is 37.8 Å². The first-order valence-corrected chi connectivity index (χ1v) is 4.95. The first-order valence-electron chi connectivity index (χ1n) is 4.95. The lowest BCUT2D eigenvalue weighted by Crippen LogP contribution is -2.31. The number of alkyl halides is 6. The van der Waals surface area contributed by atoms with Crippen LogP contribution in [0.2, 0.25) is 0 Å². The summed E-state index contributed by atoms with van der Waals surface area (Å²) in [7, 11) is 0. The van der Waals surface area contributed by atoms with Crippen LogP contribution in [0.15, 0.2) is 0 Å². The number of aromatic nitrogens is 2. The second-order valence-electron chi connectivity index (χ2n) is 3.78. The molecule has 0 bridgehead atoms. The van der Waals surface area contributed by atoms with E-state index in [9.17, 15) is 26.3 Å². The Kier molecular flexibility index (Phi) is 2.96. The van der Waals surface area contributed by atoms with Gasteiger partial charge in [-0.2, -0.15) is 26.3 Å². The summed E-state index contributed by atoms with van der Waals surface area (Å²) in [5, 5.41) is 8.00. The van der Waals surface area contributed by atoms with Crippen LogP contribution < -0.4 is 5.32 Å². The molecule has 0 aliphatic carbocycles. The van der Waals surface area contributed by atoms with E-state index in [1.807, 2.05) is 0 Å². The molecule has 0 atom stereocenters. The lowest BCUT2D eigenvalue weighted by molar-refractivity contribution is -0.149. The molecule has 0 spiro atoms. The number of nitrogens with one attached hydrogen (secondary N) is 1. The Morgan fingerprint density at radius 2 is 1.33 bits per heavy atom. The van der Waals surface area contributed by atoms with E-state index < -0.39 is 34.9 Å². The molecule has 9 heteroatoms. The number of hydrogen-bond acceptors (Lipinski definition) is 3. The molecular formula is C9H7F6N3. The zero-order valence-corrected chi connectivity index (χ0v) is 8.78. The zero-order chi connectivity index (χ0) is 13.6. The number of hydrogen-bond donors (Lipinski definition) is 1. The van der Waals surface area contributed by atoms with Crippen LogP contribution in [0.5, 0.6) is 0 Å². The standard InChI is InChI=1S/C9H7F6N3/c10-8(11,12)6-4-1-2-16-3-5(4)7(18-17-6)9(13,14)15/h16H,1-3H2. The maximum absolute atomic E-state index is 12.6. The van der Waals surface area contributed by atoms with E-state index in [1.165, 1.54) is 0 Å². The van der Waals surface area contributed by atoms with Gasteiger partial charge < -0.3 is 5.32 Å². The summed E-state index contributed by atoms with van der Waals surface area (Å²) in [6.07, 6.45) is -9.75. The lowest BCUT2D eigenvalue weighted by Gasteiger charge is -2.23. The third-order valence-corrected chi connectivity index (χ3v) is 2.58. The average Bonchev–Trinajstić information content (AvgIpc) is 2.24. The highest BCUT2D eigenvalue weighted by molar-refractivity contribution is 5.37. The molecule has 0 unspecified atom stereocenters. The van der Waals surface area contributed by atoms with E-state index in [2.05, 4.69) is 15.5 Å². The largest absolute Gasteiger partial charge is 0.435 e. The van der Waals surface area contributed by atoms with Crippen LogP contribution in [0.25, 0.3) is 0 Å². The van der Waals surface area contributed by atoms with Crippen LogP contribution in [0, 0.1) is 0 Å². The van der Waals surface area contributed by atoms with Crippen molar-refractivity contribution >= 4 is 0 Å². The van der Waals surface area contributed by atoms with Crippen molar-refractivity contribution in [2.75, 3.05) is 6.54 Å². The van der Waals surface area contributed by atoms with Gasteiger partial charge in [0, 0.05) is 12.1 Å². The van der Waals surface area contributed by atoms with Gasteiger partial charge in [0.2, 0.25) is 0 Å². The summed E-state index contributed by atoms with van der Waals surface area (Å²) in [4.78, 5) is 0. The molecule has 0 amide bonds. The van der Waals surface area contributed by atoms with Gasteiger partial charge in [0.15, 0.2) is 11.4 Å². The fourth-order valence-electron chi connectivity index (χ4n) is 1.85. The van der Waals surface area contributed by atoms with Crippen LogP contribution in [-0.2, 0) is 25.3 Å². The maximum atomic E-state index is 12.6. The van der Waals surface area contributed by atoms with Crippen LogP contribution in [-0.4, -0.2) is 16.7 Å². The van der Waals surface area contributed by atoms with Crippen LogP contribution in [0.1, 0.15) is 22.5 Å². The van der Waals surface area contributed by atoms with Crippen molar-refractivity contribution in [1.82, 2.24) is 15.5 Å². The summed E-state index contributed by atoms with van der Waals surface area (Å²) in [6.45, 7) is -0.109. The van der Waals surface area contributed by atoms with E-state index >= 15 is 0 Å². The van der Waals surface area contributed by atoms with Crippen LogP contribution in [0.3, 0.4) is 0 Å². The molecule has 100 valence electrons. The number of nitrogens with zero attached hydrogens (tertiary/aromatic N) is 2. The predicted octanol–water partition coefficient (Wildman–Crippen LogP) is 2.16. The maximum Gasteiger partial charge on any atom is 0.435 e. The van der Waals surface area contributed by atoms with E-state index in [-0.39, 0.29) is 19.5 Å². The molecule has 2 heterocycles. The van der Waals surface area contributed by atoms with Crippen molar-refractivity contribution in [3.63, 3.8) is 0 Å². The summed E-state index contributed by atoms with van der Waals surface area (Å²) < 4.78 is 75.6. The fraction of sp³-hybridized carbons (Fsp3) is 0.556. The Balaban J connectivity index is 2.64. The number of halogens is 6. The van der Waals surface area contributed by atoms with Gasteiger partial charge in [-0.15, -0.1) is 10.2 Å². The Morgan fingerprint density at radius 3 is 1.83 bits per heavy atom. The van der Waals surface area contributed by atoms with E-state index in [0.717, 1.165) is 0 Å². The molecular weight excluding hydrogens is 264 g/mol. The van der Waals surface area contributed by atoms with Crippen molar-refractivity contribution in [3.8, 4) is 0 Å². The Bertz CT molecular complexity index is 422. The summed E-state index contributed by atoms with van der Waals surface area (Å²) in [6, 6.07) is 0. The number of fused-ring (bicyclic) bond motifs is 1. The van der Waals surface area contributed by atoms with Gasteiger partial charge in [-0.3, -0.25) is 0 Å². The van der Waals surface area contributed by atoms with Gasteiger partial charge in [-0.1, -0.05) is 0 Å². The number of rotatable bonds is 0. The van der Waals surface area contributed by atoms with Crippen molar-refractivity contribution < 1.29 is 26.3 Å². The quantitative estimate of drug-likeness (QED) is 0.735. The third kappa shape index (κ3) is 2.26. The summed E-state index contributed by atoms with van der Waals surface area (Å²) in [5.74, 6) is 0.